The van der Waals surface area contributed by atoms with E-state index in [1.165, 1.54) is 5.56 Å². The maximum Gasteiger partial charge on any atom is 0.407 e. The summed E-state index contributed by atoms with van der Waals surface area (Å²) < 4.78 is 5.33. The molecule has 1 saturated heterocycles. The van der Waals surface area contributed by atoms with Crippen molar-refractivity contribution in [3.8, 4) is 23.7 Å². The fourth-order valence-electron chi connectivity index (χ4n) is 5.06. The number of ether oxygens (including phenoxy) is 1. The number of piperidine rings is 1. The average molecular weight is 604 g/mol. The minimum atomic E-state index is -0.538. The van der Waals surface area contributed by atoms with Crippen LogP contribution in [0.3, 0.4) is 0 Å². The van der Waals surface area contributed by atoms with Crippen molar-refractivity contribution in [3.63, 3.8) is 0 Å². The van der Waals surface area contributed by atoms with E-state index in [0.29, 0.717) is 48.8 Å². The molecule has 45 heavy (non-hydrogen) atoms. The predicted molar refractivity (Wildman–Crippen MR) is 177 cm³/mol. The van der Waals surface area contributed by atoms with Gasteiger partial charge in [-0.25, -0.2) is 4.79 Å². The molecule has 232 valence electrons. The first-order chi connectivity index (χ1) is 21.6. The van der Waals surface area contributed by atoms with Gasteiger partial charge in [-0.1, -0.05) is 55.2 Å². The number of nitrogens with one attached hydrogen (secondary N) is 2. The molecule has 0 aromatic heterocycles. The molecule has 0 bridgehead atoms. The molecule has 7 heteroatoms. The summed E-state index contributed by atoms with van der Waals surface area (Å²) in [6, 6.07) is 22.7. The Hall–Kier alpha value is -5.01. The first-order valence-electron chi connectivity index (χ1n) is 15.5. The molecule has 4 rings (SSSR count). The van der Waals surface area contributed by atoms with E-state index in [-0.39, 0.29) is 11.8 Å². The van der Waals surface area contributed by atoms with Crippen molar-refractivity contribution in [2.75, 3.05) is 19.6 Å². The number of hydrogen-bond donors (Lipinski definition) is 2. The second kappa shape index (κ2) is 15.6. The van der Waals surface area contributed by atoms with Crippen molar-refractivity contribution in [2.45, 2.75) is 65.0 Å². The third-order valence-corrected chi connectivity index (χ3v) is 7.29. The van der Waals surface area contributed by atoms with Gasteiger partial charge in [0.25, 0.3) is 11.8 Å². The standard InChI is InChI=1S/C38H41N3O4/c1-5-21-39-35(42)33-17-8-13-28(24-33)11-6-7-12-29-14-9-18-34(25-29)36(43)41-22-19-31(20-23-41)32-16-10-15-30(26-32)27-40-37(44)45-38(2,3)4/h8-10,13-18,24-26,31H,5,19-23,27H2,1-4H3,(H,39,42)(H,40,44). The van der Waals surface area contributed by atoms with E-state index in [4.69, 9.17) is 4.74 Å². The lowest BCUT2D eigenvalue weighted by molar-refractivity contribution is 0.0523. The molecule has 0 radical (unpaired) electrons. The van der Waals surface area contributed by atoms with Gasteiger partial charge in [-0.15, -0.1) is 0 Å². The average Bonchev–Trinajstić information content (AvgIpc) is 3.04. The molecular formula is C38H41N3O4. The van der Waals surface area contributed by atoms with Crippen LogP contribution in [0.2, 0.25) is 0 Å². The fourth-order valence-corrected chi connectivity index (χ4v) is 5.06. The Labute approximate surface area is 266 Å². The van der Waals surface area contributed by atoms with E-state index < -0.39 is 11.7 Å². The number of rotatable bonds is 7. The Bertz CT molecular complexity index is 1640. The van der Waals surface area contributed by atoms with Crippen LogP contribution in [-0.4, -0.2) is 48.0 Å². The molecule has 2 N–H and O–H groups in total. The maximum absolute atomic E-state index is 13.3. The SMILES string of the molecule is CCCNC(=O)c1cccc(C#CC#Cc2cccc(C(=O)N3CCC(c4cccc(CNC(=O)OC(C)(C)C)c4)CC3)c2)c1. The molecule has 1 heterocycles. The molecule has 0 spiro atoms. The second-order valence-corrected chi connectivity index (χ2v) is 12.1. The lowest BCUT2D eigenvalue weighted by Crippen LogP contribution is -2.38. The van der Waals surface area contributed by atoms with Gasteiger partial charge < -0.3 is 20.3 Å². The summed E-state index contributed by atoms with van der Waals surface area (Å²) in [6.45, 7) is 9.89. The third-order valence-electron chi connectivity index (χ3n) is 7.29. The number of nitrogens with zero attached hydrogens (tertiary/aromatic N) is 1. The topological polar surface area (TPSA) is 87.7 Å². The number of alkyl carbamates (subject to hydrolysis) is 1. The zero-order chi connectivity index (χ0) is 32.2. The summed E-state index contributed by atoms with van der Waals surface area (Å²) in [7, 11) is 0. The highest BCUT2D eigenvalue weighted by Gasteiger charge is 2.25. The summed E-state index contributed by atoms with van der Waals surface area (Å²) in [4.78, 5) is 39.5. The van der Waals surface area contributed by atoms with Crippen molar-refractivity contribution in [1.29, 1.82) is 0 Å². The van der Waals surface area contributed by atoms with Gasteiger partial charge in [0.15, 0.2) is 0 Å². The minimum Gasteiger partial charge on any atom is -0.444 e. The second-order valence-electron chi connectivity index (χ2n) is 12.1. The molecular weight excluding hydrogens is 562 g/mol. The number of likely N-dealkylation sites (tertiary alicyclic amines) is 1. The zero-order valence-electron chi connectivity index (χ0n) is 26.5. The molecule has 0 atom stereocenters. The highest BCUT2D eigenvalue weighted by molar-refractivity contribution is 5.95. The third kappa shape index (κ3) is 10.3. The van der Waals surface area contributed by atoms with Gasteiger partial charge in [0, 0.05) is 48.4 Å². The summed E-state index contributed by atoms with van der Waals surface area (Å²) in [5, 5.41) is 5.69. The van der Waals surface area contributed by atoms with E-state index in [1.54, 1.807) is 18.2 Å². The molecule has 1 aliphatic rings. The maximum atomic E-state index is 13.3. The number of amides is 3. The zero-order valence-corrected chi connectivity index (χ0v) is 26.5. The number of benzene rings is 3. The van der Waals surface area contributed by atoms with E-state index in [1.807, 2.05) is 75.1 Å². The normalized spacial score (nSPS) is 13.0. The van der Waals surface area contributed by atoms with Gasteiger partial charge >= 0.3 is 6.09 Å². The van der Waals surface area contributed by atoms with Crippen molar-refractivity contribution in [1.82, 2.24) is 15.5 Å². The van der Waals surface area contributed by atoms with Gasteiger partial charge in [-0.2, -0.15) is 0 Å². The van der Waals surface area contributed by atoms with Gasteiger partial charge in [0.05, 0.1) is 0 Å². The summed E-state index contributed by atoms with van der Waals surface area (Å²) in [6.07, 6.45) is 2.18. The van der Waals surface area contributed by atoms with Gasteiger partial charge in [-0.05, 0) is 105 Å². The Morgan fingerprint density at radius 2 is 1.47 bits per heavy atom. The summed E-state index contributed by atoms with van der Waals surface area (Å²) >= 11 is 0. The molecule has 0 aliphatic carbocycles. The van der Waals surface area contributed by atoms with Crippen LogP contribution in [0.25, 0.3) is 0 Å². The van der Waals surface area contributed by atoms with E-state index >= 15 is 0 Å². The van der Waals surface area contributed by atoms with Gasteiger partial charge in [0.2, 0.25) is 0 Å². The molecule has 3 aromatic rings. The van der Waals surface area contributed by atoms with Gasteiger partial charge in [-0.3, -0.25) is 9.59 Å². The van der Waals surface area contributed by atoms with Crippen LogP contribution in [0.15, 0.2) is 72.8 Å². The lowest BCUT2D eigenvalue weighted by Gasteiger charge is -2.32. The molecule has 3 amide bonds. The Kier molecular flexibility index (Phi) is 11.4. The van der Waals surface area contributed by atoms with Crippen molar-refractivity contribution < 1.29 is 19.1 Å². The largest absolute Gasteiger partial charge is 0.444 e. The molecule has 1 aliphatic heterocycles. The monoisotopic (exact) mass is 603 g/mol. The Morgan fingerprint density at radius 1 is 0.844 bits per heavy atom. The first kappa shape index (κ1) is 32.9. The molecule has 1 fully saturated rings. The quantitative estimate of drug-likeness (QED) is 0.312. The highest BCUT2D eigenvalue weighted by Crippen LogP contribution is 2.29. The Balaban J connectivity index is 1.31. The van der Waals surface area contributed by atoms with E-state index in [9.17, 15) is 14.4 Å². The van der Waals surface area contributed by atoms with Crippen LogP contribution in [0.5, 0.6) is 0 Å². The smallest absolute Gasteiger partial charge is 0.407 e. The fraction of sp³-hybridized carbons (Fsp3) is 0.342. The van der Waals surface area contributed by atoms with Crippen LogP contribution >= 0.6 is 0 Å². The van der Waals surface area contributed by atoms with Crippen molar-refractivity contribution in [2.24, 2.45) is 0 Å². The highest BCUT2D eigenvalue weighted by atomic mass is 16.6. The molecule has 0 unspecified atom stereocenters. The number of carbonyl (C=O) groups excluding carboxylic acids is 3. The minimum absolute atomic E-state index is 0.00309. The van der Waals surface area contributed by atoms with E-state index in [0.717, 1.165) is 30.4 Å². The first-order valence-corrected chi connectivity index (χ1v) is 15.5. The van der Waals surface area contributed by atoms with Crippen LogP contribution in [0, 0.1) is 23.7 Å². The summed E-state index contributed by atoms with van der Waals surface area (Å²) in [5.41, 5.74) is 4.30. The van der Waals surface area contributed by atoms with Gasteiger partial charge in [0.1, 0.15) is 5.60 Å². The number of hydrogen-bond acceptors (Lipinski definition) is 4. The van der Waals surface area contributed by atoms with Crippen molar-refractivity contribution in [3.05, 3.63) is 106 Å². The molecule has 3 aromatic carbocycles. The van der Waals surface area contributed by atoms with E-state index in [2.05, 4.69) is 46.4 Å². The van der Waals surface area contributed by atoms with Crippen LogP contribution < -0.4 is 10.6 Å². The lowest BCUT2D eigenvalue weighted by atomic mass is 9.88. The van der Waals surface area contributed by atoms with Crippen molar-refractivity contribution >= 4 is 17.9 Å². The Morgan fingerprint density at radius 3 is 2.11 bits per heavy atom. The predicted octanol–water partition coefficient (Wildman–Crippen LogP) is 6.27. The van der Waals surface area contributed by atoms with Crippen LogP contribution in [0.1, 0.15) is 95.8 Å². The molecule has 7 nitrogen and oxygen atoms in total. The summed E-state index contributed by atoms with van der Waals surface area (Å²) in [5.74, 6) is 12.0. The van der Waals surface area contributed by atoms with Crippen LogP contribution in [0.4, 0.5) is 4.79 Å². The van der Waals surface area contributed by atoms with Crippen LogP contribution in [-0.2, 0) is 11.3 Å². The molecule has 0 saturated carbocycles. The number of carbonyl (C=O) groups is 3.